The molecule has 0 aliphatic rings. The molecule has 0 aliphatic carbocycles. The molecule has 0 saturated heterocycles. The number of rotatable bonds is 2. The van der Waals surface area contributed by atoms with Gasteiger partial charge in [0.25, 0.3) is 0 Å². The monoisotopic (exact) mass is 308 g/mol. The fraction of sp³-hybridized carbons (Fsp3) is 0. The summed E-state index contributed by atoms with van der Waals surface area (Å²) in [5.41, 5.74) is 0. The number of hydrogen-bond acceptors (Lipinski definition) is 4. The van der Waals surface area contributed by atoms with Gasteiger partial charge in [-0.15, -0.1) is 10.2 Å². The SMILES string of the molecule is Fc1ccc(F)c(Sc2nnc(Br)s2)c1. The van der Waals surface area contributed by atoms with Crippen molar-refractivity contribution in [2.24, 2.45) is 0 Å². The van der Waals surface area contributed by atoms with Crippen LogP contribution >= 0.6 is 39.0 Å². The molecule has 7 heteroatoms. The molecule has 0 saturated carbocycles. The molecule has 2 nitrogen and oxygen atoms in total. The highest BCUT2D eigenvalue weighted by atomic mass is 79.9. The average Bonchev–Trinajstić information content (AvgIpc) is 2.58. The van der Waals surface area contributed by atoms with Gasteiger partial charge in [0.2, 0.25) is 0 Å². The Kier molecular flexibility index (Phi) is 3.32. The Hall–Kier alpha value is -0.530. The first-order valence-corrected chi connectivity index (χ1v) is 6.19. The third-order valence-electron chi connectivity index (χ3n) is 1.47. The van der Waals surface area contributed by atoms with Gasteiger partial charge in [-0.3, -0.25) is 0 Å². The molecular weight excluding hydrogens is 306 g/mol. The van der Waals surface area contributed by atoms with Gasteiger partial charge < -0.3 is 0 Å². The van der Waals surface area contributed by atoms with E-state index in [1.54, 1.807) is 0 Å². The molecule has 1 heterocycles. The third-order valence-corrected chi connectivity index (χ3v) is 3.91. The van der Waals surface area contributed by atoms with E-state index in [9.17, 15) is 8.78 Å². The maximum Gasteiger partial charge on any atom is 0.184 e. The summed E-state index contributed by atoms with van der Waals surface area (Å²) in [6.45, 7) is 0. The lowest BCUT2D eigenvalue weighted by Crippen LogP contribution is -1.83. The zero-order valence-electron chi connectivity index (χ0n) is 7.08. The maximum atomic E-state index is 13.2. The Balaban J connectivity index is 2.27. The van der Waals surface area contributed by atoms with E-state index in [4.69, 9.17) is 0 Å². The molecule has 2 rings (SSSR count). The molecule has 15 heavy (non-hydrogen) atoms. The van der Waals surface area contributed by atoms with Crippen LogP contribution in [0.3, 0.4) is 0 Å². The van der Waals surface area contributed by atoms with Gasteiger partial charge in [-0.2, -0.15) is 0 Å². The van der Waals surface area contributed by atoms with Gasteiger partial charge in [-0.25, -0.2) is 8.78 Å². The van der Waals surface area contributed by atoms with Crippen LogP contribution in [0.5, 0.6) is 0 Å². The Morgan fingerprint density at radius 1 is 1.27 bits per heavy atom. The molecule has 2 aromatic rings. The predicted octanol–water partition coefficient (Wildman–Crippen LogP) is 3.73. The van der Waals surface area contributed by atoms with Crippen LogP contribution in [0.25, 0.3) is 0 Å². The molecular formula is C8H3BrF2N2S2. The molecule has 0 spiro atoms. The molecule has 1 aromatic heterocycles. The second-order valence-corrected chi connectivity index (χ2v) is 6.04. The first-order valence-electron chi connectivity index (χ1n) is 3.77. The van der Waals surface area contributed by atoms with Crippen molar-refractivity contribution in [3.8, 4) is 0 Å². The van der Waals surface area contributed by atoms with Crippen LogP contribution in [0.4, 0.5) is 8.78 Å². The smallest absolute Gasteiger partial charge is 0.184 e. The molecule has 0 amide bonds. The number of hydrogen-bond donors (Lipinski definition) is 0. The zero-order chi connectivity index (χ0) is 10.8. The molecule has 0 bridgehead atoms. The minimum atomic E-state index is -0.470. The lowest BCUT2D eigenvalue weighted by Gasteiger charge is -1.98. The second-order valence-electron chi connectivity index (χ2n) is 2.50. The predicted molar refractivity (Wildman–Crippen MR) is 58.1 cm³/mol. The third kappa shape index (κ3) is 2.73. The summed E-state index contributed by atoms with van der Waals surface area (Å²) in [5, 5.41) is 7.49. The Bertz CT molecular complexity index is 489. The van der Waals surface area contributed by atoms with Gasteiger partial charge in [-0.1, -0.05) is 23.1 Å². The standard InChI is InChI=1S/C8H3BrF2N2S2/c9-7-12-13-8(15-7)14-6-3-4(10)1-2-5(6)11/h1-3H. The van der Waals surface area contributed by atoms with Crippen LogP contribution in [0.2, 0.25) is 0 Å². The summed E-state index contributed by atoms with van der Waals surface area (Å²) in [6.07, 6.45) is 0. The van der Waals surface area contributed by atoms with Crippen molar-refractivity contribution in [1.29, 1.82) is 0 Å². The van der Waals surface area contributed by atoms with E-state index in [0.29, 0.717) is 8.26 Å². The molecule has 78 valence electrons. The van der Waals surface area contributed by atoms with Crippen molar-refractivity contribution in [1.82, 2.24) is 10.2 Å². The summed E-state index contributed by atoms with van der Waals surface area (Å²) in [5.74, 6) is -0.935. The van der Waals surface area contributed by atoms with Crippen molar-refractivity contribution in [2.45, 2.75) is 9.24 Å². The van der Waals surface area contributed by atoms with Crippen LogP contribution in [0.15, 0.2) is 31.4 Å². The molecule has 0 aliphatic heterocycles. The van der Waals surface area contributed by atoms with Crippen molar-refractivity contribution >= 4 is 39.0 Å². The highest BCUT2D eigenvalue weighted by Gasteiger charge is 2.09. The van der Waals surface area contributed by atoms with Crippen molar-refractivity contribution in [3.05, 3.63) is 33.8 Å². The Morgan fingerprint density at radius 2 is 2.07 bits per heavy atom. The molecule has 0 atom stereocenters. The number of nitrogens with zero attached hydrogens (tertiary/aromatic N) is 2. The van der Waals surface area contributed by atoms with Gasteiger partial charge in [-0.05, 0) is 34.1 Å². The highest BCUT2D eigenvalue weighted by molar-refractivity contribution is 9.11. The quantitative estimate of drug-likeness (QED) is 0.845. The largest absolute Gasteiger partial charge is 0.207 e. The normalized spacial score (nSPS) is 10.6. The van der Waals surface area contributed by atoms with E-state index in [-0.39, 0.29) is 4.90 Å². The van der Waals surface area contributed by atoms with Gasteiger partial charge >= 0.3 is 0 Å². The highest BCUT2D eigenvalue weighted by Crippen LogP contribution is 2.33. The molecule has 0 fully saturated rings. The van der Waals surface area contributed by atoms with Crippen LogP contribution < -0.4 is 0 Å². The van der Waals surface area contributed by atoms with E-state index < -0.39 is 11.6 Å². The van der Waals surface area contributed by atoms with Crippen molar-refractivity contribution in [3.63, 3.8) is 0 Å². The number of halogens is 3. The number of benzene rings is 1. The van der Waals surface area contributed by atoms with Crippen LogP contribution in [-0.4, -0.2) is 10.2 Å². The Labute approximate surface area is 101 Å². The maximum absolute atomic E-state index is 13.2. The van der Waals surface area contributed by atoms with E-state index in [2.05, 4.69) is 26.1 Å². The topological polar surface area (TPSA) is 25.8 Å². The van der Waals surface area contributed by atoms with Gasteiger partial charge in [0.05, 0.1) is 4.90 Å². The zero-order valence-corrected chi connectivity index (χ0v) is 10.3. The Morgan fingerprint density at radius 3 is 2.73 bits per heavy atom. The summed E-state index contributed by atoms with van der Waals surface area (Å²) >= 11 is 5.46. The van der Waals surface area contributed by atoms with E-state index in [0.717, 1.165) is 30.0 Å². The fourth-order valence-corrected chi connectivity index (χ4v) is 3.33. The van der Waals surface area contributed by atoms with E-state index >= 15 is 0 Å². The van der Waals surface area contributed by atoms with E-state index in [1.807, 2.05) is 0 Å². The molecule has 0 unspecified atom stereocenters. The molecule has 0 radical (unpaired) electrons. The second kappa shape index (κ2) is 4.54. The van der Waals surface area contributed by atoms with Crippen molar-refractivity contribution < 1.29 is 8.78 Å². The number of aromatic nitrogens is 2. The van der Waals surface area contributed by atoms with Crippen molar-refractivity contribution in [2.75, 3.05) is 0 Å². The lowest BCUT2D eigenvalue weighted by atomic mass is 10.3. The summed E-state index contributed by atoms with van der Waals surface area (Å²) in [4.78, 5) is 0.207. The van der Waals surface area contributed by atoms with Gasteiger partial charge in [0.1, 0.15) is 11.6 Å². The fourth-order valence-electron chi connectivity index (χ4n) is 0.884. The lowest BCUT2D eigenvalue weighted by molar-refractivity contribution is 0.577. The minimum Gasteiger partial charge on any atom is -0.207 e. The van der Waals surface area contributed by atoms with Gasteiger partial charge in [0.15, 0.2) is 8.26 Å². The van der Waals surface area contributed by atoms with Gasteiger partial charge in [0, 0.05) is 0 Å². The minimum absolute atomic E-state index is 0.207. The van der Waals surface area contributed by atoms with Crippen LogP contribution in [-0.2, 0) is 0 Å². The summed E-state index contributed by atoms with van der Waals surface area (Å²) < 4.78 is 27.2. The molecule has 0 N–H and O–H groups in total. The van der Waals surface area contributed by atoms with Crippen LogP contribution in [0, 0.1) is 11.6 Å². The first-order chi connectivity index (χ1) is 7.15. The first kappa shape index (κ1) is 11.0. The summed E-state index contributed by atoms with van der Waals surface area (Å²) in [6, 6.07) is 3.30. The van der Waals surface area contributed by atoms with E-state index in [1.165, 1.54) is 11.3 Å². The molecule has 1 aromatic carbocycles. The average molecular weight is 309 g/mol. The summed E-state index contributed by atoms with van der Waals surface area (Å²) in [7, 11) is 0. The van der Waals surface area contributed by atoms with Crippen LogP contribution in [0.1, 0.15) is 0 Å².